The van der Waals surface area contributed by atoms with Crippen molar-refractivity contribution in [3.05, 3.63) is 0 Å². The van der Waals surface area contributed by atoms with Crippen molar-refractivity contribution in [2.45, 2.75) is 147 Å². The minimum absolute atomic E-state index is 0.0224. The van der Waals surface area contributed by atoms with Gasteiger partial charge in [0, 0.05) is 31.7 Å². The molecule has 3 aliphatic rings. The lowest BCUT2D eigenvalue weighted by Crippen LogP contribution is -2.55. The average molecular weight is 566 g/mol. The van der Waals surface area contributed by atoms with E-state index < -0.39 is 11.5 Å². The molecule has 0 aromatic carbocycles. The van der Waals surface area contributed by atoms with Crippen LogP contribution >= 0.6 is 0 Å². The largest absolute Gasteiger partial charge is 0.481 e. The van der Waals surface area contributed by atoms with Crippen molar-refractivity contribution in [3.8, 4) is 0 Å². The number of urea groups is 1. The number of Topliss-reactive ketones (excluding diaryl/α,β-unsaturated/α-hetero) is 1. The van der Waals surface area contributed by atoms with Crippen LogP contribution in [0.4, 0.5) is 4.79 Å². The quantitative estimate of drug-likeness (QED) is 0.252. The number of ketones is 1. The fourth-order valence-electron chi connectivity index (χ4n) is 6.87. The summed E-state index contributed by atoms with van der Waals surface area (Å²) in [5.74, 6) is 0.238. The van der Waals surface area contributed by atoms with Crippen LogP contribution in [0.1, 0.15) is 111 Å². The fraction of sp³-hybridized carbons (Fsp3) is 0.903. The molecule has 4 N–H and O–H groups in total. The molecule has 230 valence electrons. The number of rotatable bonds is 13. The van der Waals surface area contributed by atoms with Gasteiger partial charge in [-0.3, -0.25) is 9.59 Å². The standard InChI is InChI=1S/C31H55N3O6/c1-20(16-29(36)37)19-40-27-18-24(14-15-26(27)39-5)34-31(3,4)28(35)17-22-10-12-23(13-11-22)32-30(38)33-25-9-7-6-8-21(25)2/h20-27,34H,6-19H2,1-5H3,(H,36,37)(H2,32,33,38)/t20-,21?,22?,23?,24?,25?,26?,27?/m0/s1. The molecule has 3 rings (SSSR count). The van der Waals surface area contributed by atoms with Gasteiger partial charge in [0.1, 0.15) is 0 Å². The van der Waals surface area contributed by atoms with E-state index in [-0.39, 0.29) is 54.5 Å². The van der Waals surface area contributed by atoms with Gasteiger partial charge in [0.25, 0.3) is 0 Å². The van der Waals surface area contributed by atoms with E-state index in [0.29, 0.717) is 24.9 Å². The van der Waals surface area contributed by atoms with Crippen molar-refractivity contribution in [3.63, 3.8) is 0 Å². The van der Waals surface area contributed by atoms with Crippen molar-refractivity contribution < 1.29 is 29.0 Å². The van der Waals surface area contributed by atoms with E-state index in [0.717, 1.165) is 51.4 Å². The number of amides is 2. The molecule has 3 saturated carbocycles. The summed E-state index contributed by atoms with van der Waals surface area (Å²) < 4.78 is 11.8. The van der Waals surface area contributed by atoms with Crippen LogP contribution in [0.15, 0.2) is 0 Å². The van der Waals surface area contributed by atoms with Crippen LogP contribution in [0.25, 0.3) is 0 Å². The first-order valence-corrected chi connectivity index (χ1v) is 15.7. The molecular formula is C31H55N3O6. The van der Waals surface area contributed by atoms with Gasteiger partial charge in [-0.2, -0.15) is 0 Å². The highest BCUT2D eigenvalue weighted by atomic mass is 16.5. The number of methoxy groups -OCH3 is 1. The Morgan fingerprint density at radius 2 is 1.60 bits per heavy atom. The summed E-state index contributed by atoms with van der Waals surface area (Å²) in [6.45, 7) is 8.45. The van der Waals surface area contributed by atoms with Gasteiger partial charge < -0.3 is 30.5 Å². The number of carboxylic acids is 1. The summed E-state index contributed by atoms with van der Waals surface area (Å²) in [4.78, 5) is 36.9. The molecule has 3 aliphatic carbocycles. The average Bonchev–Trinajstić information content (AvgIpc) is 2.89. The predicted molar refractivity (Wildman–Crippen MR) is 155 cm³/mol. The van der Waals surface area contributed by atoms with Crippen molar-refractivity contribution >= 4 is 17.8 Å². The van der Waals surface area contributed by atoms with Gasteiger partial charge in [-0.15, -0.1) is 0 Å². The number of aliphatic carboxylic acids is 1. The lowest BCUT2D eigenvalue weighted by molar-refractivity contribution is -0.139. The van der Waals surface area contributed by atoms with Gasteiger partial charge in [0.15, 0.2) is 5.78 Å². The number of carbonyl (C=O) groups excluding carboxylic acids is 2. The first kappa shape index (κ1) is 32.8. The molecule has 2 amide bonds. The molecule has 0 aliphatic heterocycles. The summed E-state index contributed by atoms with van der Waals surface area (Å²) in [5.41, 5.74) is -0.641. The molecule has 5 unspecified atom stereocenters. The molecule has 0 radical (unpaired) electrons. The monoisotopic (exact) mass is 565 g/mol. The van der Waals surface area contributed by atoms with Crippen molar-refractivity contribution in [1.82, 2.24) is 16.0 Å². The minimum Gasteiger partial charge on any atom is -0.481 e. The Hall–Kier alpha value is -1.71. The predicted octanol–water partition coefficient (Wildman–Crippen LogP) is 4.81. The highest BCUT2D eigenvalue weighted by Crippen LogP contribution is 2.31. The van der Waals surface area contributed by atoms with Gasteiger partial charge in [-0.1, -0.05) is 26.7 Å². The SMILES string of the molecule is COC1CCC(NC(C)(C)C(=O)CC2CCC(NC(=O)NC3CCCCC3C)CC2)CC1OC[C@@H](C)CC(=O)O. The van der Waals surface area contributed by atoms with Gasteiger partial charge in [-0.25, -0.2) is 4.79 Å². The summed E-state index contributed by atoms with van der Waals surface area (Å²) in [6, 6.07) is 0.563. The molecule has 0 aromatic rings. The van der Waals surface area contributed by atoms with Crippen LogP contribution in [-0.4, -0.2) is 72.5 Å². The number of hydrogen-bond donors (Lipinski definition) is 4. The number of nitrogens with one attached hydrogen (secondary N) is 3. The Bertz CT molecular complexity index is 828. The van der Waals surface area contributed by atoms with Gasteiger partial charge in [-0.05, 0) is 89.4 Å². The molecule has 9 heteroatoms. The second kappa shape index (κ2) is 15.5. The summed E-state index contributed by atoms with van der Waals surface area (Å²) in [7, 11) is 1.69. The molecule has 0 saturated heterocycles. The molecule has 0 bridgehead atoms. The third-order valence-electron chi connectivity index (χ3n) is 9.50. The van der Waals surface area contributed by atoms with E-state index in [1.165, 1.54) is 19.3 Å². The number of carboxylic acid groups (broad SMARTS) is 1. The summed E-state index contributed by atoms with van der Waals surface area (Å²) in [5, 5.41) is 19.0. The molecule has 0 spiro atoms. The van der Waals surface area contributed by atoms with E-state index in [1.54, 1.807) is 7.11 Å². The first-order chi connectivity index (χ1) is 19.0. The highest BCUT2D eigenvalue weighted by Gasteiger charge is 2.37. The zero-order valence-electron chi connectivity index (χ0n) is 25.5. The van der Waals surface area contributed by atoms with Crippen LogP contribution in [-0.2, 0) is 19.1 Å². The Kier molecular flexibility index (Phi) is 12.7. The van der Waals surface area contributed by atoms with Crippen LogP contribution in [0, 0.1) is 17.8 Å². The molecule has 40 heavy (non-hydrogen) atoms. The van der Waals surface area contributed by atoms with Crippen molar-refractivity contribution in [1.29, 1.82) is 0 Å². The zero-order chi connectivity index (χ0) is 29.3. The van der Waals surface area contributed by atoms with E-state index >= 15 is 0 Å². The molecular weight excluding hydrogens is 510 g/mol. The lowest BCUT2D eigenvalue weighted by atomic mass is 9.79. The Morgan fingerprint density at radius 3 is 2.25 bits per heavy atom. The second-order valence-electron chi connectivity index (χ2n) is 13.5. The van der Waals surface area contributed by atoms with Crippen LogP contribution in [0.3, 0.4) is 0 Å². The summed E-state index contributed by atoms with van der Waals surface area (Å²) >= 11 is 0. The van der Waals surface area contributed by atoms with Crippen molar-refractivity contribution in [2.75, 3.05) is 13.7 Å². The van der Waals surface area contributed by atoms with Crippen LogP contribution in [0.5, 0.6) is 0 Å². The van der Waals surface area contributed by atoms with Gasteiger partial charge >= 0.3 is 12.0 Å². The fourth-order valence-corrected chi connectivity index (χ4v) is 6.87. The third kappa shape index (κ3) is 10.3. The van der Waals surface area contributed by atoms with Crippen molar-refractivity contribution in [2.24, 2.45) is 17.8 Å². The molecule has 0 aromatic heterocycles. The third-order valence-corrected chi connectivity index (χ3v) is 9.50. The Labute approximate surface area is 241 Å². The topological polar surface area (TPSA) is 126 Å². The molecule has 0 heterocycles. The molecule has 9 nitrogen and oxygen atoms in total. The molecule has 3 fully saturated rings. The lowest BCUT2D eigenvalue weighted by Gasteiger charge is -2.40. The van der Waals surface area contributed by atoms with E-state index in [1.807, 2.05) is 20.8 Å². The second-order valence-corrected chi connectivity index (χ2v) is 13.5. The Morgan fingerprint density at radius 1 is 0.925 bits per heavy atom. The number of ether oxygens (including phenoxy) is 2. The first-order valence-electron chi connectivity index (χ1n) is 15.7. The van der Waals surface area contributed by atoms with Crippen LogP contribution in [0.2, 0.25) is 0 Å². The van der Waals surface area contributed by atoms with Gasteiger partial charge in [0.05, 0.1) is 30.8 Å². The maximum atomic E-state index is 13.4. The maximum Gasteiger partial charge on any atom is 0.315 e. The van der Waals surface area contributed by atoms with E-state index in [2.05, 4.69) is 22.9 Å². The maximum absolute atomic E-state index is 13.4. The molecule has 6 atom stereocenters. The smallest absolute Gasteiger partial charge is 0.315 e. The zero-order valence-corrected chi connectivity index (χ0v) is 25.5. The van der Waals surface area contributed by atoms with Crippen LogP contribution < -0.4 is 16.0 Å². The normalized spacial score (nSPS) is 32.2. The summed E-state index contributed by atoms with van der Waals surface area (Å²) in [6.07, 6.45) is 11.4. The van der Waals surface area contributed by atoms with Gasteiger partial charge in [0.2, 0.25) is 0 Å². The number of carbonyl (C=O) groups is 3. The Balaban J connectivity index is 1.40. The number of hydrogen-bond acceptors (Lipinski definition) is 6. The van der Waals surface area contributed by atoms with E-state index in [9.17, 15) is 14.4 Å². The minimum atomic E-state index is -0.817. The highest BCUT2D eigenvalue weighted by molar-refractivity contribution is 5.87. The van der Waals surface area contributed by atoms with E-state index in [4.69, 9.17) is 14.6 Å².